The molecule has 11 nitrogen and oxygen atoms in total. The van der Waals surface area contributed by atoms with Crippen LogP contribution in [0.2, 0.25) is 5.02 Å². The molecule has 1 unspecified atom stereocenters. The van der Waals surface area contributed by atoms with E-state index >= 15 is 8.78 Å². The molecule has 0 saturated carbocycles. The Morgan fingerprint density at radius 2 is 2.02 bits per heavy atom. The number of pyridine rings is 1. The number of aromatic nitrogens is 7. The van der Waals surface area contributed by atoms with Crippen molar-refractivity contribution in [3.05, 3.63) is 71.0 Å². The van der Waals surface area contributed by atoms with Gasteiger partial charge >= 0.3 is 0 Å². The van der Waals surface area contributed by atoms with E-state index in [0.29, 0.717) is 36.4 Å². The van der Waals surface area contributed by atoms with Crippen molar-refractivity contribution in [3.8, 4) is 16.9 Å². The molecule has 2 atom stereocenters. The van der Waals surface area contributed by atoms with E-state index in [1.165, 1.54) is 30.2 Å². The topological polar surface area (TPSA) is 135 Å². The first kappa shape index (κ1) is 25.7. The summed E-state index contributed by atoms with van der Waals surface area (Å²) in [6.45, 7) is 1.22. The molecule has 6 rings (SSSR count). The molecule has 3 aromatic heterocycles. The summed E-state index contributed by atoms with van der Waals surface area (Å²) in [5.74, 6) is -2.62. The first-order valence-corrected chi connectivity index (χ1v) is 12.9. The summed E-state index contributed by atoms with van der Waals surface area (Å²) < 4.78 is 31.6. The zero-order chi connectivity index (χ0) is 28.0. The minimum atomic E-state index is -0.905. The number of anilines is 1. The number of aromatic amines is 1. The van der Waals surface area contributed by atoms with Gasteiger partial charge in [0.2, 0.25) is 17.8 Å². The lowest BCUT2D eigenvalue weighted by Crippen LogP contribution is -2.35. The van der Waals surface area contributed by atoms with E-state index < -0.39 is 23.7 Å². The van der Waals surface area contributed by atoms with Crippen molar-refractivity contribution < 1.29 is 18.4 Å². The van der Waals surface area contributed by atoms with E-state index in [-0.39, 0.29) is 34.8 Å². The molecule has 2 aliphatic rings. The third-order valence-corrected chi connectivity index (χ3v) is 7.37. The number of nitrogens with zero attached hydrogens (tertiary/aromatic N) is 7. The Balaban J connectivity index is 1.33. The summed E-state index contributed by atoms with van der Waals surface area (Å²) in [7, 11) is 0. The number of H-pyrrole nitrogens is 1. The van der Waals surface area contributed by atoms with Gasteiger partial charge in [0, 0.05) is 41.4 Å². The van der Waals surface area contributed by atoms with Crippen molar-refractivity contribution in [1.29, 1.82) is 0 Å². The number of benzene rings is 1. The number of allylic oxidation sites excluding steroid dienone is 1. The molecule has 4 aromatic rings. The smallest absolute Gasteiger partial charge is 0.247 e. The molecular weight excluding hydrogens is 544 g/mol. The number of nitrogens with one attached hydrogen (secondary N) is 2. The van der Waals surface area contributed by atoms with Gasteiger partial charge in [-0.1, -0.05) is 11.6 Å². The highest BCUT2D eigenvalue weighted by atomic mass is 35.5. The van der Waals surface area contributed by atoms with Gasteiger partial charge in [0.1, 0.15) is 17.8 Å². The number of rotatable bonds is 5. The highest BCUT2D eigenvalue weighted by Crippen LogP contribution is 2.42. The van der Waals surface area contributed by atoms with Crippen LogP contribution in [0.5, 0.6) is 0 Å². The zero-order valence-corrected chi connectivity index (χ0v) is 21.9. The number of halogens is 3. The van der Waals surface area contributed by atoms with E-state index in [9.17, 15) is 9.59 Å². The van der Waals surface area contributed by atoms with Crippen LogP contribution in [0.25, 0.3) is 22.5 Å². The van der Waals surface area contributed by atoms with Gasteiger partial charge in [0.15, 0.2) is 11.6 Å². The second kappa shape index (κ2) is 10.2. The minimum Gasteiger partial charge on any atom is -0.326 e. The monoisotopic (exact) mass is 565 g/mol. The second-order valence-corrected chi connectivity index (χ2v) is 10.0. The summed E-state index contributed by atoms with van der Waals surface area (Å²) in [5.41, 5.74) is 1.78. The molecule has 14 heteroatoms. The number of imidazole rings is 1. The quantitative estimate of drug-likeness (QED) is 0.369. The van der Waals surface area contributed by atoms with E-state index in [2.05, 4.69) is 35.8 Å². The molecule has 0 bridgehead atoms. The molecule has 0 spiro atoms. The first-order valence-electron chi connectivity index (χ1n) is 12.5. The normalized spacial score (nSPS) is 18.9. The summed E-state index contributed by atoms with van der Waals surface area (Å²) in [5, 5.41) is 14.2. The number of hydrogen-bond donors (Lipinski definition) is 2. The molecule has 1 aromatic carbocycles. The van der Waals surface area contributed by atoms with Gasteiger partial charge in [-0.3, -0.25) is 9.59 Å². The van der Waals surface area contributed by atoms with Crippen LogP contribution in [0.3, 0.4) is 0 Å². The molecule has 1 fully saturated rings. The Kier molecular flexibility index (Phi) is 6.58. The van der Waals surface area contributed by atoms with Gasteiger partial charge in [-0.15, -0.1) is 5.10 Å². The van der Waals surface area contributed by atoms with E-state index in [4.69, 9.17) is 11.6 Å². The third-order valence-electron chi connectivity index (χ3n) is 7.13. The van der Waals surface area contributed by atoms with Crippen LogP contribution in [-0.4, -0.2) is 57.9 Å². The molecule has 0 aliphatic carbocycles. The molecule has 40 heavy (non-hydrogen) atoms. The van der Waals surface area contributed by atoms with Gasteiger partial charge in [0.05, 0.1) is 11.7 Å². The fourth-order valence-corrected chi connectivity index (χ4v) is 5.59. The molecule has 204 valence electrons. The summed E-state index contributed by atoms with van der Waals surface area (Å²) >= 11 is 6.30. The third kappa shape index (κ3) is 4.62. The Bertz CT molecular complexity index is 1650. The highest BCUT2D eigenvalue weighted by Gasteiger charge is 2.40. The summed E-state index contributed by atoms with van der Waals surface area (Å²) in [6, 6.07) is 5.94. The van der Waals surface area contributed by atoms with Gasteiger partial charge in [-0.05, 0) is 65.9 Å². The zero-order valence-electron chi connectivity index (χ0n) is 21.1. The highest BCUT2D eigenvalue weighted by molar-refractivity contribution is 6.30. The van der Waals surface area contributed by atoms with Crippen LogP contribution < -0.4 is 5.32 Å². The van der Waals surface area contributed by atoms with Crippen LogP contribution in [-0.2, 0) is 9.59 Å². The van der Waals surface area contributed by atoms with Gasteiger partial charge in [-0.2, -0.15) is 9.07 Å². The van der Waals surface area contributed by atoms with Crippen LogP contribution in [0, 0.1) is 11.8 Å². The largest absolute Gasteiger partial charge is 0.326 e. The lowest BCUT2D eigenvalue weighted by molar-refractivity contribution is -0.129. The van der Waals surface area contributed by atoms with Gasteiger partial charge < -0.3 is 15.2 Å². The van der Waals surface area contributed by atoms with Crippen molar-refractivity contribution in [2.45, 2.75) is 44.7 Å². The number of carbonyl (C=O) groups is 2. The molecule has 2 N–H and O–H groups in total. The summed E-state index contributed by atoms with van der Waals surface area (Å²) in [4.78, 5) is 37.5. The van der Waals surface area contributed by atoms with Crippen LogP contribution in [0.1, 0.15) is 50.0 Å². The van der Waals surface area contributed by atoms with Crippen LogP contribution in [0.4, 0.5) is 14.6 Å². The van der Waals surface area contributed by atoms with Crippen LogP contribution in [0.15, 0.2) is 42.9 Å². The minimum absolute atomic E-state index is 0.0948. The number of fused-ring (bicyclic) bond motifs is 1. The molecular formula is C26H22ClF2N9O2. The average Bonchev–Trinajstić information content (AvgIpc) is 3.66. The van der Waals surface area contributed by atoms with Crippen molar-refractivity contribution in [2.75, 3.05) is 5.32 Å². The maximum Gasteiger partial charge on any atom is 0.247 e. The number of carbonyl (C=O) groups excluding carboxylic acids is 2. The molecule has 2 amide bonds. The van der Waals surface area contributed by atoms with Crippen molar-refractivity contribution >= 4 is 34.8 Å². The van der Waals surface area contributed by atoms with Crippen molar-refractivity contribution in [3.63, 3.8) is 0 Å². The molecule has 0 radical (unpaired) electrons. The molecule has 2 aliphatic heterocycles. The molecule has 1 saturated heterocycles. The van der Waals surface area contributed by atoms with Crippen molar-refractivity contribution in [2.24, 2.45) is 0 Å². The van der Waals surface area contributed by atoms with E-state index in [1.807, 2.05) is 0 Å². The van der Waals surface area contributed by atoms with Gasteiger partial charge in [-0.25, -0.2) is 14.4 Å². The Morgan fingerprint density at radius 3 is 2.80 bits per heavy atom. The Morgan fingerprint density at radius 1 is 1.18 bits per heavy atom. The van der Waals surface area contributed by atoms with Crippen molar-refractivity contribution in [1.82, 2.24) is 40.1 Å². The van der Waals surface area contributed by atoms with Gasteiger partial charge in [0.25, 0.3) is 0 Å². The second-order valence-electron chi connectivity index (χ2n) is 9.60. The number of hydrogen-bond acceptors (Lipinski definition) is 7. The number of amides is 2. The predicted molar refractivity (Wildman–Crippen MR) is 140 cm³/mol. The standard InChI is InChI=1S/C26H22ClF2N9O2/c1-13(39)32-26-22(28)17(8-9-30-26)23-24(29)34-25(33-23)20-7-5-16-4-2-14(10-21(40)38(16)20)18-11-15(27)3-6-19(18)37-12-31-35-36-37/h3,6,8-12,16,20H,2,4-5,7H2,1H3,(H,33,34)(H,30,32,39)/t16?,20-/m0/s1. The lowest BCUT2D eigenvalue weighted by atomic mass is 9.97. The maximum absolute atomic E-state index is 15.1. The predicted octanol–water partition coefficient (Wildman–Crippen LogP) is 4.25. The number of tetrazole rings is 1. The Hall–Kier alpha value is -4.52. The summed E-state index contributed by atoms with van der Waals surface area (Å²) in [6.07, 6.45) is 6.82. The fraction of sp³-hybridized carbons (Fsp3) is 0.269. The SMILES string of the molecule is CC(=O)Nc1nccc(-c2nc([C@@H]3CCC4CCC(c5cc(Cl)ccc5-n5cnnn5)=CC(=O)N43)[nH]c2F)c1F. The molecule has 5 heterocycles. The fourth-order valence-electron chi connectivity index (χ4n) is 5.42. The first-order chi connectivity index (χ1) is 19.3. The maximum atomic E-state index is 15.1. The van der Waals surface area contributed by atoms with Crippen LogP contribution >= 0.6 is 11.6 Å². The van der Waals surface area contributed by atoms with E-state index in [1.54, 1.807) is 29.2 Å². The Labute approximate surface area is 231 Å². The average molecular weight is 566 g/mol. The van der Waals surface area contributed by atoms with E-state index in [0.717, 1.165) is 11.1 Å². The lowest BCUT2D eigenvalue weighted by Gasteiger charge is -2.27.